The summed E-state index contributed by atoms with van der Waals surface area (Å²) < 4.78 is 0. The average Bonchev–Trinajstić information content (AvgIpc) is 2.98. The van der Waals surface area contributed by atoms with Crippen LogP contribution in [0.5, 0.6) is 0 Å². The first-order chi connectivity index (χ1) is 10.1. The minimum Gasteiger partial charge on any atom is -0.369 e. The number of aromatic nitrogens is 2. The van der Waals surface area contributed by atoms with Crippen LogP contribution in [-0.2, 0) is 6.54 Å². The van der Waals surface area contributed by atoms with E-state index < -0.39 is 0 Å². The Morgan fingerprint density at radius 2 is 2.14 bits per heavy atom. The molecule has 0 saturated carbocycles. The molecular weight excluding hydrogens is 284 g/mol. The summed E-state index contributed by atoms with van der Waals surface area (Å²) in [5.41, 5.74) is 0.377. The van der Waals surface area contributed by atoms with E-state index in [1.54, 1.807) is 23.5 Å². The van der Waals surface area contributed by atoms with Gasteiger partial charge in [0.2, 0.25) is 0 Å². The van der Waals surface area contributed by atoms with Gasteiger partial charge in [0.1, 0.15) is 5.82 Å². The molecule has 0 spiro atoms. The van der Waals surface area contributed by atoms with E-state index in [9.17, 15) is 4.79 Å². The van der Waals surface area contributed by atoms with Crippen molar-refractivity contribution in [1.82, 2.24) is 15.1 Å². The van der Waals surface area contributed by atoms with Gasteiger partial charge < -0.3 is 10.2 Å². The fourth-order valence-electron chi connectivity index (χ4n) is 1.93. The van der Waals surface area contributed by atoms with Crippen molar-refractivity contribution in [3.05, 3.63) is 40.2 Å². The number of carbonyl (C=O) groups excluding carboxylic acids is 1. The van der Waals surface area contributed by atoms with E-state index in [0.29, 0.717) is 18.1 Å². The molecule has 0 aliphatic heterocycles. The Labute approximate surface area is 129 Å². The third-order valence-electron chi connectivity index (χ3n) is 3.03. The molecule has 1 N–H and O–H groups in total. The van der Waals surface area contributed by atoms with Crippen molar-refractivity contribution in [2.24, 2.45) is 0 Å². The van der Waals surface area contributed by atoms with Gasteiger partial charge in [0.05, 0.1) is 6.54 Å². The molecule has 2 aromatic rings. The summed E-state index contributed by atoms with van der Waals surface area (Å²) >= 11 is 1.65. The second-order valence-electron chi connectivity index (χ2n) is 4.94. The number of hydrogen-bond acceptors (Lipinski definition) is 5. The van der Waals surface area contributed by atoms with Crippen LogP contribution in [0.25, 0.3) is 0 Å². The van der Waals surface area contributed by atoms with Gasteiger partial charge in [-0.1, -0.05) is 6.07 Å². The number of carbonyl (C=O) groups is 1. The van der Waals surface area contributed by atoms with E-state index in [4.69, 9.17) is 0 Å². The fourth-order valence-corrected chi connectivity index (χ4v) is 2.63. The van der Waals surface area contributed by atoms with Gasteiger partial charge in [-0.15, -0.1) is 21.5 Å². The summed E-state index contributed by atoms with van der Waals surface area (Å²) in [5, 5.41) is 13.1. The molecule has 2 rings (SSSR count). The maximum Gasteiger partial charge on any atom is 0.274 e. The third-order valence-corrected chi connectivity index (χ3v) is 3.89. The minimum atomic E-state index is -0.0889. The molecule has 6 heteroatoms. The van der Waals surface area contributed by atoms with Crippen LogP contribution < -0.4 is 5.32 Å². The van der Waals surface area contributed by atoms with Crippen LogP contribution in [0.3, 0.4) is 0 Å². The first kappa shape index (κ1) is 15.4. The monoisotopic (exact) mass is 304 g/mol. The molecule has 0 aliphatic rings. The molecule has 0 aliphatic carbocycles. The summed E-state index contributed by atoms with van der Waals surface area (Å²) in [6.45, 7) is 7.38. The SMILES string of the molecule is CCNc1ccc(C(=O)N(Cc2cccs2)C(C)C)nn1. The molecule has 21 heavy (non-hydrogen) atoms. The number of anilines is 1. The van der Waals surface area contributed by atoms with Crippen LogP contribution in [0, 0.1) is 0 Å². The van der Waals surface area contributed by atoms with Gasteiger partial charge >= 0.3 is 0 Å². The van der Waals surface area contributed by atoms with E-state index in [2.05, 4.69) is 15.5 Å². The van der Waals surface area contributed by atoms with Gasteiger partial charge in [0.15, 0.2) is 5.69 Å². The van der Waals surface area contributed by atoms with Crippen LogP contribution in [0.15, 0.2) is 29.6 Å². The zero-order valence-electron chi connectivity index (χ0n) is 12.5. The summed E-state index contributed by atoms with van der Waals surface area (Å²) in [4.78, 5) is 15.6. The Bertz CT molecular complexity index is 566. The lowest BCUT2D eigenvalue weighted by Gasteiger charge is -2.25. The molecule has 5 nitrogen and oxygen atoms in total. The van der Waals surface area contributed by atoms with E-state index >= 15 is 0 Å². The van der Waals surface area contributed by atoms with Crippen LogP contribution in [0.1, 0.15) is 36.1 Å². The highest BCUT2D eigenvalue weighted by atomic mass is 32.1. The molecule has 0 aromatic carbocycles. The van der Waals surface area contributed by atoms with Crippen LogP contribution in [0.2, 0.25) is 0 Å². The zero-order valence-corrected chi connectivity index (χ0v) is 13.4. The normalized spacial score (nSPS) is 10.7. The highest BCUT2D eigenvalue weighted by Gasteiger charge is 2.21. The largest absolute Gasteiger partial charge is 0.369 e. The van der Waals surface area contributed by atoms with Gasteiger partial charge in [-0.05, 0) is 44.4 Å². The van der Waals surface area contributed by atoms with Crippen LogP contribution in [0.4, 0.5) is 5.82 Å². The van der Waals surface area contributed by atoms with Crippen molar-refractivity contribution in [3.63, 3.8) is 0 Å². The molecular formula is C15H20N4OS. The highest BCUT2D eigenvalue weighted by Crippen LogP contribution is 2.16. The summed E-state index contributed by atoms with van der Waals surface area (Å²) in [5.74, 6) is 0.595. The molecule has 1 amide bonds. The average molecular weight is 304 g/mol. The van der Waals surface area contributed by atoms with Gasteiger partial charge in [0.25, 0.3) is 5.91 Å². The van der Waals surface area contributed by atoms with Gasteiger partial charge in [0, 0.05) is 17.5 Å². The van der Waals surface area contributed by atoms with Crippen molar-refractivity contribution in [3.8, 4) is 0 Å². The molecule has 112 valence electrons. The second-order valence-corrected chi connectivity index (χ2v) is 5.97. The van der Waals surface area contributed by atoms with Gasteiger partial charge in [-0.2, -0.15) is 0 Å². The number of rotatable bonds is 6. The first-order valence-corrected chi connectivity index (χ1v) is 7.90. The standard InChI is InChI=1S/C15H20N4OS/c1-4-16-14-8-7-13(17-18-14)15(20)19(11(2)3)10-12-6-5-9-21-12/h5-9,11H,4,10H2,1-3H3,(H,16,18). The number of nitrogens with zero attached hydrogens (tertiary/aromatic N) is 3. The van der Waals surface area contributed by atoms with E-state index in [-0.39, 0.29) is 11.9 Å². The summed E-state index contributed by atoms with van der Waals surface area (Å²) in [6, 6.07) is 7.64. The van der Waals surface area contributed by atoms with Crippen molar-refractivity contribution in [2.45, 2.75) is 33.4 Å². The molecule has 2 aromatic heterocycles. The van der Waals surface area contributed by atoms with Crippen LogP contribution >= 0.6 is 11.3 Å². The van der Waals surface area contributed by atoms with Gasteiger partial charge in [-0.3, -0.25) is 4.79 Å². The zero-order chi connectivity index (χ0) is 15.2. The number of amides is 1. The Morgan fingerprint density at radius 3 is 2.67 bits per heavy atom. The number of hydrogen-bond donors (Lipinski definition) is 1. The van der Waals surface area contributed by atoms with E-state index in [1.807, 2.05) is 43.2 Å². The predicted molar refractivity (Wildman–Crippen MR) is 85.5 cm³/mol. The minimum absolute atomic E-state index is 0.0889. The third kappa shape index (κ3) is 4.01. The molecule has 0 unspecified atom stereocenters. The molecule has 0 atom stereocenters. The number of nitrogens with one attached hydrogen (secondary N) is 1. The maximum absolute atomic E-state index is 12.6. The lowest BCUT2D eigenvalue weighted by molar-refractivity contribution is 0.0685. The number of thiophene rings is 1. The topological polar surface area (TPSA) is 58.1 Å². The first-order valence-electron chi connectivity index (χ1n) is 7.02. The van der Waals surface area contributed by atoms with E-state index in [1.165, 1.54) is 0 Å². The molecule has 0 bridgehead atoms. The highest BCUT2D eigenvalue weighted by molar-refractivity contribution is 7.09. The van der Waals surface area contributed by atoms with Crippen LogP contribution in [-0.4, -0.2) is 33.6 Å². The molecule has 0 fully saturated rings. The Balaban J connectivity index is 2.14. The molecule has 2 heterocycles. The lowest BCUT2D eigenvalue weighted by Crippen LogP contribution is -2.36. The Kier molecular flexibility index (Phi) is 5.27. The van der Waals surface area contributed by atoms with Crippen molar-refractivity contribution in [1.29, 1.82) is 0 Å². The summed E-state index contributed by atoms with van der Waals surface area (Å²) in [7, 11) is 0. The predicted octanol–water partition coefficient (Wildman–Crippen LogP) is 3.02. The summed E-state index contributed by atoms with van der Waals surface area (Å²) in [6.07, 6.45) is 0. The maximum atomic E-state index is 12.6. The van der Waals surface area contributed by atoms with Crippen molar-refractivity contribution < 1.29 is 4.79 Å². The second kappa shape index (κ2) is 7.17. The Hall–Kier alpha value is -1.95. The van der Waals surface area contributed by atoms with E-state index in [0.717, 1.165) is 11.4 Å². The fraction of sp³-hybridized carbons (Fsp3) is 0.400. The lowest BCUT2D eigenvalue weighted by atomic mass is 10.2. The Morgan fingerprint density at radius 1 is 1.33 bits per heavy atom. The van der Waals surface area contributed by atoms with Crippen molar-refractivity contribution in [2.75, 3.05) is 11.9 Å². The van der Waals surface area contributed by atoms with Crippen molar-refractivity contribution >= 4 is 23.1 Å². The smallest absolute Gasteiger partial charge is 0.274 e. The molecule has 0 saturated heterocycles. The van der Waals surface area contributed by atoms with Gasteiger partial charge in [-0.25, -0.2) is 0 Å². The molecule has 0 radical (unpaired) electrons. The quantitative estimate of drug-likeness (QED) is 0.891.